The van der Waals surface area contributed by atoms with Crippen LogP contribution in [0.5, 0.6) is 0 Å². The van der Waals surface area contributed by atoms with Gasteiger partial charge in [-0.2, -0.15) is 0 Å². The van der Waals surface area contributed by atoms with Gasteiger partial charge in [0.25, 0.3) is 0 Å². The second kappa shape index (κ2) is 10.2. The summed E-state index contributed by atoms with van der Waals surface area (Å²) in [6, 6.07) is 9.21. The predicted molar refractivity (Wildman–Crippen MR) is 98.7 cm³/mol. The van der Waals surface area contributed by atoms with Gasteiger partial charge in [0.1, 0.15) is 17.9 Å². The quantitative estimate of drug-likeness (QED) is 0.448. The molecule has 8 nitrogen and oxygen atoms in total. The maximum atomic E-state index is 11.9. The normalized spacial score (nSPS) is 11.7. The van der Waals surface area contributed by atoms with Crippen LogP contribution in [0.4, 0.5) is 9.59 Å². The van der Waals surface area contributed by atoms with E-state index < -0.39 is 23.8 Å². The summed E-state index contributed by atoms with van der Waals surface area (Å²) in [6.07, 6.45) is -1.45. The number of ether oxygens (including phenoxy) is 3. The summed E-state index contributed by atoms with van der Waals surface area (Å²) < 4.78 is 14.9. The second-order valence-corrected chi connectivity index (χ2v) is 6.69. The Balaban J connectivity index is 2.65. The van der Waals surface area contributed by atoms with Crippen LogP contribution in [0.3, 0.4) is 0 Å². The van der Waals surface area contributed by atoms with Crippen molar-refractivity contribution < 1.29 is 28.6 Å². The fourth-order valence-corrected chi connectivity index (χ4v) is 1.91. The van der Waals surface area contributed by atoms with Crippen LogP contribution < -0.4 is 10.6 Å². The molecule has 27 heavy (non-hydrogen) atoms. The monoisotopic (exact) mass is 378 g/mol. The number of amides is 2. The molecule has 0 heterocycles. The Kier molecular flexibility index (Phi) is 8.32. The summed E-state index contributed by atoms with van der Waals surface area (Å²) in [7, 11) is 1.19. The molecule has 0 saturated carbocycles. The van der Waals surface area contributed by atoms with E-state index in [1.165, 1.54) is 7.11 Å². The molecule has 0 fully saturated rings. The van der Waals surface area contributed by atoms with Gasteiger partial charge in [0.2, 0.25) is 0 Å². The molecule has 0 aliphatic rings. The van der Waals surface area contributed by atoms with Crippen molar-refractivity contribution in [3.8, 4) is 0 Å². The predicted octanol–water partition coefficient (Wildman–Crippen LogP) is 2.88. The standard InChI is InChI=1S/C19H26N2O6/c1-13(11-20-17(23)26-12-14-9-7-6-8-10-14)15(16(22)25-5)21-18(24)27-19(2,3)4/h6-10H,11-12H2,1-5H3,(H,20,23)(H,21,24). The van der Waals surface area contributed by atoms with Crippen molar-refractivity contribution in [2.24, 2.45) is 0 Å². The Morgan fingerprint density at radius 2 is 1.67 bits per heavy atom. The van der Waals surface area contributed by atoms with Gasteiger partial charge in [0, 0.05) is 6.54 Å². The van der Waals surface area contributed by atoms with Crippen molar-refractivity contribution in [2.75, 3.05) is 13.7 Å². The van der Waals surface area contributed by atoms with E-state index in [1.54, 1.807) is 27.7 Å². The highest BCUT2D eigenvalue weighted by molar-refractivity contribution is 5.93. The van der Waals surface area contributed by atoms with E-state index >= 15 is 0 Å². The van der Waals surface area contributed by atoms with Gasteiger partial charge in [-0.05, 0) is 38.8 Å². The first-order chi connectivity index (χ1) is 12.6. The summed E-state index contributed by atoms with van der Waals surface area (Å²) in [4.78, 5) is 35.6. The molecule has 8 heteroatoms. The van der Waals surface area contributed by atoms with Crippen molar-refractivity contribution in [2.45, 2.75) is 39.9 Å². The molecule has 2 N–H and O–H groups in total. The zero-order valence-electron chi connectivity index (χ0n) is 16.3. The van der Waals surface area contributed by atoms with Crippen LogP contribution in [0.15, 0.2) is 41.6 Å². The summed E-state index contributed by atoms with van der Waals surface area (Å²) in [5.74, 6) is -0.752. The fourth-order valence-electron chi connectivity index (χ4n) is 1.91. The van der Waals surface area contributed by atoms with Crippen molar-refractivity contribution in [3.05, 3.63) is 47.2 Å². The number of methoxy groups -OCH3 is 1. The third kappa shape index (κ3) is 8.75. The van der Waals surface area contributed by atoms with Gasteiger partial charge in [0.05, 0.1) is 7.11 Å². The summed E-state index contributed by atoms with van der Waals surface area (Å²) in [5, 5.41) is 4.87. The van der Waals surface area contributed by atoms with Crippen LogP contribution in [0.2, 0.25) is 0 Å². The van der Waals surface area contributed by atoms with E-state index in [0.29, 0.717) is 5.57 Å². The van der Waals surface area contributed by atoms with E-state index in [0.717, 1.165) is 5.56 Å². The minimum absolute atomic E-state index is 0.0200. The number of benzene rings is 1. The molecule has 0 bridgehead atoms. The third-order valence-corrected chi connectivity index (χ3v) is 3.15. The highest BCUT2D eigenvalue weighted by atomic mass is 16.6. The number of carbonyl (C=O) groups is 3. The topological polar surface area (TPSA) is 103 Å². The smallest absolute Gasteiger partial charge is 0.412 e. The molecule has 0 atom stereocenters. The molecular weight excluding hydrogens is 352 g/mol. The lowest BCUT2D eigenvalue weighted by molar-refractivity contribution is -0.136. The van der Waals surface area contributed by atoms with Gasteiger partial charge in [-0.15, -0.1) is 0 Å². The SMILES string of the molecule is COC(=O)C(NC(=O)OC(C)(C)C)=C(C)CNC(=O)OCc1ccccc1. The van der Waals surface area contributed by atoms with Gasteiger partial charge >= 0.3 is 18.2 Å². The van der Waals surface area contributed by atoms with Crippen molar-refractivity contribution in [1.29, 1.82) is 0 Å². The fraction of sp³-hybridized carbons (Fsp3) is 0.421. The Morgan fingerprint density at radius 1 is 1.04 bits per heavy atom. The first-order valence-corrected chi connectivity index (χ1v) is 8.35. The molecule has 0 radical (unpaired) electrons. The molecular formula is C19H26N2O6. The molecule has 1 aromatic rings. The van der Waals surface area contributed by atoms with Crippen LogP contribution in [0.1, 0.15) is 33.3 Å². The van der Waals surface area contributed by atoms with E-state index in [1.807, 2.05) is 30.3 Å². The second-order valence-electron chi connectivity index (χ2n) is 6.69. The average molecular weight is 378 g/mol. The summed E-state index contributed by atoms with van der Waals surface area (Å²) in [5.41, 5.74) is 0.403. The lowest BCUT2D eigenvalue weighted by Gasteiger charge is -2.20. The highest BCUT2D eigenvalue weighted by Crippen LogP contribution is 2.09. The molecule has 0 aromatic heterocycles. The number of esters is 1. The van der Waals surface area contributed by atoms with E-state index in [4.69, 9.17) is 9.47 Å². The Morgan fingerprint density at radius 3 is 2.22 bits per heavy atom. The molecule has 1 aromatic carbocycles. The Bertz CT molecular complexity index is 692. The molecule has 0 saturated heterocycles. The Hall–Kier alpha value is -3.03. The maximum Gasteiger partial charge on any atom is 0.412 e. The van der Waals surface area contributed by atoms with Crippen LogP contribution in [0.25, 0.3) is 0 Å². The number of nitrogens with one attached hydrogen (secondary N) is 2. The minimum atomic E-state index is -0.797. The van der Waals surface area contributed by atoms with Crippen LogP contribution in [0, 0.1) is 0 Å². The first kappa shape index (κ1) is 22.0. The molecule has 2 amide bonds. The number of hydrogen-bond donors (Lipinski definition) is 2. The molecule has 0 aliphatic heterocycles. The van der Waals surface area contributed by atoms with Gasteiger partial charge in [-0.1, -0.05) is 30.3 Å². The summed E-state index contributed by atoms with van der Waals surface area (Å²) in [6.45, 7) is 6.77. The first-order valence-electron chi connectivity index (χ1n) is 8.35. The van der Waals surface area contributed by atoms with Crippen molar-refractivity contribution >= 4 is 18.2 Å². The van der Waals surface area contributed by atoms with Gasteiger partial charge in [-0.3, -0.25) is 5.32 Å². The number of hydrogen-bond acceptors (Lipinski definition) is 6. The van der Waals surface area contributed by atoms with Crippen LogP contribution in [-0.2, 0) is 25.6 Å². The summed E-state index contributed by atoms with van der Waals surface area (Å²) >= 11 is 0. The Labute approximate surface area is 158 Å². The maximum absolute atomic E-state index is 11.9. The lowest BCUT2D eigenvalue weighted by atomic mass is 10.2. The number of alkyl carbamates (subject to hydrolysis) is 2. The highest BCUT2D eigenvalue weighted by Gasteiger charge is 2.22. The van der Waals surface area contributed by atoms with Gasteiger partial charge < -0.3 is 19.5 Å². The van der Waals surface area contributed by atoms with Crippen LogP contribution >= 0.6 is 0 Å². The molecule has 148 valence electrons. The van der Waals surface area contributed by atoms with Gasteiger partial charge in [-0.25, -0.2) is 14.4 Å². The van der Waals surface area contributed by atoms with Crippen molar-refractivity contribution in [1.82, 2.24) is 10.6 Å². The average Bonchev–Trinajstić information content (AvgIpc) is 2.61. The zero-order chi connectivity index (χ0) is 20.4. The van der Waals surface area contributed by atoms with Gasteiger partial charge in [0.15, 0.2) is 0 Å². The minimum Gasteiger partial charge on any atom is -0.464 e. The van der Waals surface area contributed by atoms with Crippen molar-refractivity contribution in [3.63, 3.8) is 0 Å². The van der Waals surface area contributed by atoms with Crippen LogP contribution in [-0.4, -0.2) is 37.4 Å². The lowest BCUT2D eigenvalue weighted by Crippen LogP contribution is -2.36. The third-order valence-electron chi connectivity index (χ3n) is 3.15. The number of carbonyl (C=O) groups excluding carboxylic acids is 3. The molecule has 0 unspecified atom stereocenters. The molecule has 1 rings (SSSR count). The largest absolute Gasteiger partial charge is 0.464 e. The van der Waals surface area contributed by atoms with E-state index in [9.17, 15) is 14.4 Å². The molecule has 0 spiro atoms. The van der Waals surface area contributed by atoms with E-state index in [2.05, 4.69) is 15.4 Å². The van der Waals surface area contributed by atoms with E-state index in [-0.39, 0.29) is 18.8 Å². The molecule has 0 aliphatic carbocycles. The zero-order valence-corrected chi connectivity index (χ0v) is 16.3. The number of rotatable bonds is 6.